The van der Waals surface area contributed by atoms with Gasteiger partial charge in [0.15, 0.2) is 0 Å². The van der Waals surface area contributed by atoms with Gasteiger partial charge in [0.1, 0.15) is 5.82 Å². The highest BCUT2D eigenvalue weighted by Gasteiger charge is 2.37. The smallest absolute Gasteiger partial charge is 0.251 e. The monoisotopic (exact) mass is 550 g/mol. The number of amides is 2. The van der Waals surface area contributed by atoms with Gasteiger partial charge in [-0.1, -0.05) is 48.5 Å². The summed E-state index contributed by atoms with van der Waals surface area (Å²) in [5, 5.41) is 5.90. The summed E-state index contributed by atoms with van der Waals surface area (Å²) < 4.78 is 2.23. The number of aromatic nitrogens is 2. The van der Waals surface area contributed by atoms with Crippen LogP contribution in [0, 0.1) is 5.92 Å². The van der Waals surface area contributed by atoms with Gasteiger partial charge in [-0.05, 0) is 56.1 Å². The number of fused-ring (bicyclic) bond motifs is 1. The molecular weight excluding hydrogens is 512 g/mol. The molecule has 6 rings (SSSR count). The molecule has 4 aromatic rings. The van der Waals surface area contributed by atoms with E-state index in [9.17, 15) is 9.59 Å². The van der Waals surface area contributed by atoms with Crippen LogP contribution in [0.4, 0.5) is 5.69 Å². The molecule has 8 heteroatoms. The Morgan fingerprint density at radius 1 is 0.902 bits per heavy atom. The Bertz CT molecular complexity index is 1490. The van der Waals surface area contributed by atoms with Crippen LogP contribution in [0.2, 0.25) is 0 Å². The van der Waals surface area contributed by atoms with Crippen LogP contribution in [0.1, 0.15) is 35.7 Å². The molecule has 0 unspecified atom stereocenters. The van der Waals surface area contributed by atoms with Crippen molar-refractivity contribution in [2.75, 3.05) is 51.2 Å². The Hall–Kier alpha value is -4.17. The normalized spacial score (nSPS) is 19.1. The van der Waals surface area contributed by atoms with E-state index in [0.717, 1.165) is 74.4 Å². The minimum Gasteiger partial charge on any atom is -0.369 e. The molecule has 2 heterocycles. The lowest BCUT2D eigenvalue weighted by Gasteiger charge is -2.36. The lowest BCUT2D eigenvalue weighted by atomic mass is 9.79. The van der Waals surface area contributed by atoms with Crippen molar-refractivity contribution in [2.24, 2.45) is 5.92 Å². The number of hydrogen-bond acceptors (Lipinski definition) is 5. The molecule has 1 aliphatic heterocycles. The minimum absolute atomic E-state index is 0.0128. The third kappa shape index (κ3) is 5.84. The Labute approximate surface area is 241 Å². The summed E-state index contributed by atoms with van der Waals surface area (Å²) in [5.41, 5.74) is 4.75. The summed E-state index contributed by atoms with van der Waals surface area (Å²) in [6, 6.07) is 26.6. The first-order chi connectivity index (χ1) is 20.1. The average Bonchev–Trinajstić information content (AvgIpc) is 3.38. The molecule has 41 heavy (non-hydrogen) atoms. The molecule has 2 N–H and O–H groups in total. The number of nitrogens with zero attached hydrogens (tertiary/aromatic N) is 4. The zero-order valence-corrected chi connectivity index (χ0v) is 23.6. The standard InChI is InChI=1S/C33H38N6O2/c1-34-32(40)26-21-28(22-26)39-30-23-25(13-14-29(30)36-31(39)24-9-4-2-5-10-24)33(41)35-15-8-16-37-17-19-38(20-18-37)27-11-6-3-7-12-27/h2-7,9-14,23,26,28H,8,15-22H2,1H3,(H,34,40)(H,35,41). The number of imidazole rings is 1. The molecule has 0 radical (unpaired) electrons. The van der Waals surface area contributed by atoms with Crippen molar-refractivity contribution >= 4 is 28.5 Å². The maximum absolute atomic E-state index is 13.1. The van der Waals surface area contributed by atoms with Crippen LogP contribution < -0.4 is 15.5 Å². The third-order valence-corrected chi connectivity index (χ3v) is 8.51. The quantitative estimate of drug-likeness (QED) is 0.303. The number of carbonyl (C=O) groups is 2. The number of nitrogens with one attached hydrogen (secondary N) is 2. The van der Waals surface area contributed by atoms with Gasteiger partial charge < -0.3 is 20.1 Å². The number of piperazine rings is 1. The van der Waals surface area contributed by atoms with Crippen LogP contribution >= 0.6 is 0 Å². The Morgan fingerprint density at radius 3 is 2.32 bits per heavy atom. The van der Waals surface area contributed by atoms with E-state index in [0.29, 0.717) is 12.1 Å². The molecule has 1 saturated heterocycles. The minimum atomic E-state index is -0.0633. The van der Waals surface area contributed by atoms with Crippen LogP contribution in [0.15, 0.2) is 78.9 Å². The summed E-state index contributed by atoms with van der Waals surface area (Å²) in [6.45, 7) is 5.74. The summed E-state index contributed by atoms with van der Waals surface area (Å²) >= 11 is 0. The van der Waals surface area contributed by atoms with Gasteiger partial charge in [-0.3, -0.25) is 14.5 Å². The molecular formula is C33H38N6O2. The number of rotatable bonds is 9. The first-order valence-electron chi connectivity index (χ1n) is 14.7. The van der Waals surface area contributed by atoms with Gasteiger partial charge in [-0.2, -0.15) is 0 Å². The first-order valence-corrected chi connectivity index (χ1v) is 14.7. The van der Waals surface area contributed by atoms with Crippen LogP contribution in [-0.4, -0.2) is 72.6 Å². The van der Waals surface area contributed by atoms with Crippen molar-refractivity contribution in [1.29, 1.82) is 0 Å². The van der Waals surface area contributed by atoms with Gasteiger partial charge in [0.05, 0.1) is 11.0 Å². The van der Waals surface area contributed by atoms with Crippen molar-refractivity contribution in [2.45, 2.75) is 25.3 Å². The zero-order valence-electron chi connectivity index (χ0n) is 23.6. The lowest BCUT2D eigenvalue weighted by molar-refractivity contribution is -0.128. The Kier molecular flexibility index (Phi) is 8.00. The Balaban J connectivity index is 1.09. The lowest BCUT2D eigenvalue weighted by Crippen LogP contribution is -2.47. The fourth-order valence-corrected chi connectivity index (χ4v) is 6.09. The largest absolute Gasteiger partial charge is 0.369 e. The van der Waals surface area contributed by atoms with Gasteiger partial charge >= 0.3 is 0 Å². The summed E-state index contributed by atoms with van der Waals surface area (Å²) in [4.78, 5) is 35.2. The van der Waals surface area contributed by atoms with Gasteiger partial charge in [0.25, 0.3) is 5.91 Å². The van der Waals surface area contributed by atoms with Crippen molar-refractivity contribution in [3.05, 3.63) is 84.4 Å². The summed E-state index contributed by atoms with van der Waals surface area (Å²) in [5.74, 6) is 0.918. The molecule has 2 amide bonds. The number of anilines is 1. The molecule has 8 nitrogen and oxygen atoms in total. The maximum Gasteiger partial charge on any atom is 0.251 e. The van der Waals surface area contributed by atoms with E-state index in [1.807, 2.05) is 36.4 Å². The molecule has 2 aliphatic rings. The van der Waals surface area contributed by atoms with E-state index in [4.69, 9.17) is 4.98 Å². The topological polar surface area (TPSA) is 82.5 Å². The van der Waals surface area contributed by atoms with Crippen molar-refractivity contribution in [3.8, 4) is 11.4 Å². The Morgan fingerprint density at radius 2 is 1.61 bits per heavy atom. The second kappa shape index (κ2) is 12.1. The number of carbonyl (C=O) groups excluding carboxylic acids is 2. The molecule has 0 bridgehead atoms. The first kappa shape index (κ1) is 27.0. The van der Waals surface area contributed by atoms with E-state index >= 15 is 0 Å². The SMILES string of the molecule is CNC(=O)C1CC(n2c(-c3ccccc3)nc3ccc(C(=O)NCCCN4CCN(c5ccccc5)CC4)cc32)C1. The number of benzene rings is 3. The van der Waals surface area contributed by atoms with E-state index in [-0.39, 0.29) is 23.8 Å². The highest BCUT2D eigenvalue weighted by atomic mass is 16.2. The van der Waals surface area contributed by atoms with Crippen molar-refractivity contribution in [3.63, 3.8) is 0 Å². The predicted octanol–water partition coefficient (Wildman–Crippen LogP) is 4.34. The fraction of sp³-hybridized carbons (Fsp3) is 0.364. The van der Waals surface area contributed by atoms with Crippen LogP contribution in [0.5, 0.6) is 0 Å². The van der Waals surface area contributed by atoms with E-state index in [1.165, 1.54) is 5.69 Å². The third-order valence-electron chi connectivity index (χ3n) is 8.51. The van der Waals surface area contributed by atoms with Crippen LogP contribution in [0.25, 0.3) is 22.4 Å². The van der Waals surface area contributed by atoms with Gasteiger partial charge in [-0.25, -0.2) is 4.98 Å². The van der Waals surface area contributed by atoms with Crippen molar-refractivity contribution < 1.29 is 9.59 Å². The average molecular weight is 551 g/mol. The molecule has 212 valence electrons. The van der Waals surface area contributed by atoms with E-state index in [1.54, 1.807) is 7.05 Å². The molecule has 1 aliphatic carbocycles. The maximum atomic E-state index is 13.1. The molecule has 3 aromatic carbocycles. The summed E-state index contributed by atoms with van der Waals surface area (Å²) in [7, 11) is 1.69. The highest BCUT2D eigenvalue weighted by molar-refractivity contribution is 5.98. The summed E-state index contributed by atoms with van der Waals surface area (Å²) in [6.07, 6.45) is 2.44. The predicted molar refractivity (Wildman–Crippen MR) is 163 cm³/mol. The molecule has 2 fully saturated rings. The van der Waals surface area contributed by atoms with Gasteiger partial charge in [0.2, 0.25) is 5.91 Å². The van der Waals surface area contributed by atoms with Crippen molar-refractivity contribution in [1.82, 2.24) is 25.1 Å². The van der Waals surface area contributed by atoms with E-state index < -0.39 is 0 Å². The second-order valence-electron chi connectivity index (χ2n) is 11.1. The molecule has 1 aromatic heterocycles. The van der Waals surface area contributed by atoms with Crippen LogP contribution in [-0.2, 0) is 4.79 Å². The highest BCUT2D eigenvalue weighted by Crippen LogP contribution is 2.42. The van der Waals surface area contributed by atoms with Gasteiger partial charge in [-0.15, -0.1) is 0 Å². The fourth-order valence-electron chi connectivity index (χ4n) is 6.09. The number of hydrogen-bond donors (Lipinski definition) is 2. The zero-order chi connectivity index (χ0) is 28.2. The van der Waals surface area contributed by atoms with Crippen LogP contribution in [0.3, 0.4) is 0 Å². The molecule has 0 atom stereocenters. The van der Waals surface area contributed by atoms with E-state index in [2.05, 4.69) is 67.5 Å². The molecule has 1 saturated carbocycles. The van der Waals surface area contributed by atoms with Gasteiger partial charge in [0, 0.05) is 68.5 Å². The number of para-hydroxylation sites is 1. The molecule has 0 spiro atoms. The second-order valence-corrected chi connectivity index (χ2v) is 11.1.